The number of carbonyl (C=O) groups is 1. The molecule has 20 heavy (non-hydrogen) atoms. The van der Waals surface area contributed by atoms with Crippen LogP contribution in [0.25, 0.3) is 0 Å². The predicted octanol–water partition coefficient (Wildman–Crippen LogP) is 3.32. The fraction of sp³-hybridized carbons (Fsp3) is 0.471. The lowest BCUT2D eigenvalue weighted by atomic mass is 10.0. The Bertz CT molecular complexity index is 502. The van der Waals surface area contributed by atoms with E-state index in [0.29, 0.717) is 12.3 Å². The summed E-state index contributed by atoms with van der Waals surface area (Å²) in [7, 11) is 1.67. The molecule has 3 nitrogen and oxygen atoms in total. The molecule has 2 aliphatic rings. The molecule has 0 N–H and O–H groups in total. The maximum absolute atomic E-state index is 12.3. The largest absolute Gasteiger partial charge is 0.497 e. The average Bonchev–Trinajstić information content (AvgIpc) is 3.30. The summed E-state index contributed by atoms with van der Waals surface area (Å²) < 4.78 is 5.21. The van der Waals surface area contributed by atoms with Gasteiger partial charge in [0.15, 0.2) is 0 Å². The normalized spacial score (nSPS) is 22.8. The van der Waals surface area contributed by atoms with Gasteiger partial charge in [0.25, 0.3) is 0 Å². The van der Waals surface area contributed by atoms with Crippen molar-refractivity contribution in [3.8, 4) is 5.75 Å². The Morgan fingerprint density at radius 2 is 2.00 bits per heavy atom. The number of rotatable bonds is 4. The van der Waals surface area contributed by atoms with Crippen LogP contribution in [-0.4, -0.2) is 24.5 Å². The second kappa shape index (κ2) is 5.70. The zero-order chi connectivity index (χ0) is 13.9. The van der Waals surface area contributed by atoms with Crippen molar-refractivity contribution in [2.45, 2.75) is 31.7 Å². The Morgan fingerprint density at radius 3 is 2.65 bits per heavy atom. The van der Waals surface area contributed by atoms with E-state index in [2.05, 4.69) is 29.2 Å². The third-order valence-corrected chi connectivity index (χ3v) is 4.11. The summed E-state index contributed by atoms with van der Waals surface area (Å²) in [5.74, 6) is 1.85. The third kappa shape index (κ3) is 2.87. The van der Waals surface area contributed by atoms with Crippen molar-refractivity contribution in [2.75, 3.05) is 13.7 Å². The van der Waals surface area contributed by atoms with E-state index in [9.17, 15) is 4.79 Å². The van der Waals surface area contributed by atoms with Crippen molar-refractivity contribution in [3.05, 3.63) is 42.0 Å². The molecule has 1 aliphatic heterocycles. The first-order chi connectivity index (χ1) is 9.78. The molecule has 1 aliphatic carbocycles. The van der Waals surface area contributed by atoms with Gasteiger partial charge in [0.1, 0.15) is 5.75 Å². The summed E-state index contributed by atoms with van der Waals surface area (Å²) in [4.78, 5) is 14.4. The molecule has 0 saturated heterocycles. The van der Waals surface area contributed by atoms with E-state index in [0.717, 1.165) is 24.3 Å². The average molecular weight is 271 g/mol. The lowest BCUT2D eigenvalue weighted by molar-refractivity contribution is -0.132. The highest BCUT2D eigenvalue weighted by Crippen LogP contribution is 2.35. The molecule has 1 saturated carbocycles. The van der Waals surface area contributed by atoms with Crippen molar-refractivity contribution in [1.29, 1.82) is 0 Å². The van der Waals surface area contributed by atoms with Gasteiger partial charge in [-0.15, -0.1) is 0 Å². The molecule has 0 unspecified atom stereocenters. The molecule has 1 heterocycles. The van der Waals surface area contributed by atoms with Crippen molar-refractivity contribution in [2.24, 2.45) is 5.92 Å². The van der Waals surface area contributed by atoms with Gasteiger partial charge in [0, 0.05) is 13.0 Å². The Kier molecular flexibility index (Phi) is 3.77. The number of methoxy groups -OCH3 is 1. The minimum Gasteiger partial charge on any atom is -0.497 e. The molecule has 1 amide bonds. The van der Waals surface area contributed by atoms with Crippen LogP contribution in [0.2, 0.25) is 0 Å². The highest BCUT2D eigenvalue weighted by Gasteiger charge is 2.31. The number of hydrogen-bond acceptors (Lipinski definition) is 2. The number of allylic oxidation sites excluding steroid dienone is 1. The van der Waals surface area contributed by atoms with Crippen LogP contribution in [0.15, 0.2) is 36.4 Å². The summed E-state index contributed by atoms with van der Waals surface area (Å²) in [6.45, 7) is 0.903. The number of amides is 1. The summed E-state index contributed by atoms with van der Waals surface area (Å²) in [5, 5.41) is 0. The van der Waals surface area contributed by atoms with Crippen molar-refractivity contribution >= 4 is 5.91 Å². The van der Waals surface area contributed by atoms with E-state index in [1.54, 1.807) is 7.11 Å². The SMILES string of the molecule is COc1ccc([C@@H]2C=CCCC(=O)N2CC2CC2)cc1. The molecule has 1 atom stereocenters. The molecule has 0 spiro atoms. The van der Waals surface area contributed by atoms with E-state index < -0.39 is 0 Å². The first-order valence-electron chi connectivity index (χ1n) is 7.38. The fourth-order valence-electron chi connectivity index (χ4n) is 2.72. The smallest absolute Gasteiger partial charge is 0.223 e. The lowest BCUT2D eigenvalue weighted by Gasteiger charge is -2.29. The topological polar surface area (TPSA) is 29.5 Å². The van der Waals surface area contributed by atoms with E-state index in [4.69, 9.17) is 4.74 Å². The van der Waals surface area contributed by atoms with Gasteiger partial charge in [-0.05, 0) is 42.9 Å². The molecule has 1 aromatic rings. The van der Waals surface area contributed by atoms with Crippen LogP contribution in [0.3, 0.4) is 0 Å². The van der Waals surface area contributed by atoms with Gasteiger partial charge in [-0.1, -0.05) is 24.3 Å². The van der Waals surface area contributed by atoms with Gasteiger partial charge < -0.3 is 9.64 Å². The third-order valence-electron chi connectivity index (χ3n) is 4.11. The molecule has 106 valence electrons. The number of carbonyl (C=O) groups excluding carboxylic acids is 1. The van der Waals surface area contributed by atoms with Crippen molar-refractivity contribution in [1.82, 2.24) is 4.90 Å². The number of hydrogen-bond donors (Lipinski definition) is 0. The highest BCUT2D eigenvalue weighted by molar-refractivity contribution is 5.77. The number of nitrogens with zero attached hydrogens (tertiary/aromatic N) is 1. The molecule has 3 rings (SSSR count). The maximum atomic E-state index is 12.3. The maximum Gasteiger partial charge on any atom is 0.223 e. The minimum atomic E-state index is 0.0801. The molecule has 3 heteroatoms. The van der Waals surface area contributed by atoms with Crippen LogP contribution >= 0.6 is 0 Å². The fourth-order valence-corrected chi connectivity index (χ4v) is 2.72. The molecular formula is C17H21NO2. The van der Waals surface area contributed by atoms with Gasteiger partial charge in [0.05, 0.1) is 13.2 Å². The van der Waals surface area contributed by atoms with E-state index in [1.807, 2.05) is 12.1 Å². The Hall–Kier alpha value is -1.77. The zero-order valence-electron chi connectivity index (χ0n) is 11.9. The van der Waals surface area contributed by atoms with Gasteiger partial charge in [-0.3, -0.25) is 4.79 Å². The Labute approximate surface area is 120 Å². The molecular weight excluding hydrogens is 250 g/mol. The lowest BCUT2D eigenvalue weighted by Crippen LogP contribution is -2.34. The first-order valence-corrected chi connectivity index (χ1v) is 7.38. The van der Waals surface area contributed by atoms with Crippen LogP contribution in [0, 0.1) is 5.92 Å². The van der Waals surface area contributed by atoms with Crippen LogP contribution in [0.1, 0.15) is 37.3 Å². The van der Waals surface area contributed by atoms with Gasteiger partial charge in [0.2, 0.25) is 5.91 Å². The number of benzene rings is 1. The quantitative estimate of drug-likeness (QED) is 0.786. The summed E-state index contributed by atoms with van der Waals surface area (Å²) >= 11 is 0. The minimum absolute atomic E-state index is 0.0801. The van der Waals surface area contributed by atoms with E-state index >= 15 is 0 Å². The van der Waals surface area contributed by atoms with Crippen LogP contribution in [-0.2, 0) is 4.79 Å². The van der Waals surface area contributed by atoms with Gasteiger partial charge in [-0.25, -0.2) is 0 Å². The standard InChI is InChI=1S/C17H21NO2/c1-20-15-10-8-14(9-11-15)16-4-2-3-5-17(19)18(16)12-13-6-7-13/h2,4,8-11,13,16H,3,5-7,12H2,1H3/t16-/m0/s1. The predicted molar refractivity (Wildman–Crippen MR) is 78.5 cm³/mol. The zero-order valence-corrected chi connectivity index (χ0v) is 11.9. The highest BCUT2D eigenvalue weighted by atomic mass is 16.5. The Balaban J connectivity index is 1.86. The second-order valence-electron chi connectivity index (χ2n) is 5.67. The van der Waals surface area contributed by atoms with Crippen LogP contribution in [0.5, 0.6) is 5.75 Å². The molecule has 0 radical (unpaired) electrons. The monoisotopic (exact) mass is 271 g/mol. The van der Waals surface area contributed by atoms with E-state index in [-0.39, 0.29) is 11.9 Å². The van der Waals surface area contributed by atoms with Crippen molar-refractivity contribution < 1.29 is 9.53 Å². The first kappa shape index (κ1) is 13.2. The van der Waals surface area contributed by atoms with Crippen LogP contribution < -0.4 is 4.74 Å². The summed E-state index contributed by atoms with van der Waals surface area (Å²) in [6.07, 6.45) is 8.34. The van der Waals surface area contributed by atoms with Gasteiger partial charge in [-0.2, -0.15) is 0 Å². The molecule has 0 bridgehead atoms. The Morgan fingerprint density at radius 1 is 1.25 bits per heavy atom. The number of ether oxygens (including phenoxy) is 1. The molecule has 1 aromatic carbocycles. The van der Waals surface area contributed by atoms with Crippen LogP contribution in [0.4, 0.5) is 0 Å². The summed E-state index contributed by atoms with van der Waals surface area (Å²) in [6, 6.07) is 8.14. The molecule has 0 aromatic heterocycles. The summed E-state index contributed by atoms with van der Waals surface area (Å²) in [5.41, 5.74) is 1.16. The van der Waals surface area contributed by atoms with Crippen molar-refractivity contribution in [3.63, 3.8) is 0 Å². The van der Waals surface area contributed by atoms with E-state index in [1.165, 1.54) is 12.8 Å². The van der Waals surface area contributed by atoms with Gasteiger partial charge >= 0.3 is 0 Å². The molecule has 1 fully saturated rings. The second-order valence-corrected chi connectivity index (χ2v) is 5.67.